The van der Waals surface area contributed by atoms with Crippen molar-refractivity contribution in [1.82, 2.24) is 15.1 Å². The molecule has 2 aliphatic rings. The first kappa shape index (κ1) is 16.6. The number of hydrogen-bond donors (Lipinski definition) is 2. The van der Waals surface area contributed by atoms with E-state index in [1.54, 1.807) is 0 Å². The Morgan fingerprint density at radius 3 is 2.60 bits per heavy atom. The molecule has 25 heavy (non-hydrogen) atoms. The van der Waals surface area contributed by atoms with Crippen molar-refractivity contribution in [3.05, 3.63) is 52.1 Å². The Morgan fingerprint density at radius 2 is 1.88 bits per heavy atom. The third kappa shape index (κ3) is 2.85. The number of rotatable bonds is 2. The Morgan fingerprint density at radius 1 is 1.12 bits per heavy atom. The zero-order valence-electron chi connectivity index (χ0n) is 14.0. The summed E-state index contributed by atoms with van der Waals surface area (Å²) in [6.45, 7) is 3.66. The van der Waals surface area contributed by atoms with Gasteiger partial charge in [-0.1, -0.05) is 0 Å². The average molecular weight is 350 g/mol. The van der Waals surface area contributed by atoms with E-state index in [0.29, 0.717) is 24.9 Å². The molecular formula is C18H21F3N4. The number of aryl methyl sites for hydroxylation is 1. The molecule has 1 saturated carbocycles. The first-order chi connectivity index (χ1) is 11.9. The third-order valence-electron chi connectivity index (χ3n) is 5.70. The molecule has 0 radical (unpaired) electrons. The van der Waals surface area contributed by atoms with Crippen molar-refractivity contribution in [1.29, 1.82) is 0 Å². The van der Waals surface area contributed by atoms with E-state index in [4.69, 9.17) is 5.73 Å². The predicted molar refractivity (Wildman–Crippen MR) is 87.2 cm³/mol. The molecule has 2 heterocycles. The number of benzene rings is 1. The van der Waals surface area contributed by atoms with Crippen LogP contribution >= 0.6 is 0 Å². The second-order valence-corrected chi connectivity index (χ2v) is 7.20. The molecule has 0 bridgehead atoms. The fourth-order valence-electron chi connectivity index (χ4n) is 4.28. The summed E-state index contributed by atoms with van der Waals surface area (Å²) in [5.74, 6) is -3.18. The van der Waals surface area contributed by atoms with Crippen molar-refractivity contribution >= 4 is 0 Å². The lowest BCUT2D eigenvalue weighted by Gasteiger charge is -2.38. The van der Waals surface area contributed by atoms with Crippen LogP contribution in [0.5, 0.6) is 0 Å². The van der Waals surface area contributed by atoms with E-state index in [0.717, 1.165) is 37.0 Å². The summed E-state index contributed by atoms with van der Waals surface area (Å²) in [7, 11) is 0. The van der Waals surface area contributed by atoms with E-state index < -0.39 is 17.5 Å². The van der Waals surface area contributed by atoms with Crippen molar-refractivity contribution in [2.24, 2.45) is 5.73 Å². The summed E-state index contributed by atoms with van der Waals surface area (Å²) in [5.41, 5.74) is 9.93. The number of hydrogen-bond acceptors (Lipinski definition) is 3. The molecular weight excluding hydrogens is 329 g/mol. The Balaban J connectivity index is 1.47. The van der Waals surface area contributed by atoms with Gasteiger partial charge in [0.05, 0.1) is 5.69 Å². The summed E-state index contributed by atoms with van der Waals surface area (Å²) in [6, 6.07) is 1.59. The SMILES string of the molecule is Cc1[nH]nc2c1CN([C@H]1CC[C@H](c3cc(F)c(F)cc3F)[C@@H](N)C1)C2. The van der Waals surface area contributed by atoms with Crippen LogP contribution in [0.1, 0.15) is 47.7 Å². The van der Waals surface area contributed by atoms with Gasteiger partial charge in [0.25, 0.3) is 0 Å². The van der Waals surface area contributed by atoms with Crippen LogP contribution in [0.3, 0.4) is 0 Å². The zero-order valence-corrected chi connectivity index (χ0v) is 14.0. The molecule has 3 atom stereocenters. The summed E-state index contributed by atoms with van der Waals surface area (Å²) in [5, 5.41) is 7.33. The molecule has 4 rings (SSSR count). The van der Waals surface area contributed by atoms with Gasteiger partial charge in [-0.05, 0) is 37.8 Å². The minimum Gasteiger partial charge on any atom is -0.327 e. The number of nitrogens with two attached hydrogens (primary N) is 1. The lowest BCUT2D eigenvalue weighted by atomic mass is 9.77. The van der Waals surface area contributed by atoms with Crippen molar-refractivity contribution in [2.75, 3.05) is 0 Å². The van der Waals surface area contributed by atoms with Crippen LogP contribution in [0, 0.1) is 24.4 Å². The van der Waals surface area contributed by atoms with Gasteiger partial charge in [0.15, 0.2) is 11.6 Å². The molecule has 0 unspecified atom stereocenters. The molecule has 1 aliphatic heterocycles. The van der Waals surface area contributed by atoms with E-state index in [9.17, 15) is 13.2 Å². The monoisotopic (exact) mass is 350 g/mol. The van der Waals surface area contributed by atoms with Gasteiger partial charge in [0.2, 0.25) is 0 Å². The van der Waals surface area contributed by atoms with Crippen LogP contribution in [0.4, 0.5) is 13.2 Å². The van der Waals surface area contributed by atoms with Crippen molar-refractivity contribution in [3.8, 4) is 0 Å². The maximum absolute atomic E-state index is 14.1. The van der Waals surface area contributed by atoms with Crippen LogP contribution in [0.15, 0.2) is 12.1 Å². The summed E-state index contributed by atoms with van der Waals surface area (Å²) in [6.07, 6.45) is 2.22. The molecule has 1 fully saturated rings. The minimum atomic E-state index is -1.16. The average Bonchev–Trinajstić information content (AvgIpc) is 3.14. The molecule has 2 aromatic rings. The molecule has 4 nitrogen and oxygen atoms in total. The number of nitrogens with one attached hydrogen (secondary N) is 1. The first-order valence-electron chi connectivity index (χ1n) is 8.60. The van der Waals surface area contributed by atoms with Gasteiger partial charge in [-0.15, -0.1) is 0 Å². The van der Waals surface area contributed by atoms with Gasteiger partial charge in [-0.3, -0.25) is 10.00 Å². The van der Waals surface area contributed by atoms with E-state index in [1.807, 2.05) is 6.92 Å². The van der Waals surface area contributed by atoms with Crippen LogP contribution in [-0.2, 0) is 13.1 Å². The highest BCUT2D eigenvalue weighted by Gasteiger charge is 2.36. The Kier molecular flexibility index (Phi) is 4.08. The first-order valence-corrected chi connectivity index (χ1v) is 8.60. The fraction of sp³-hybridized carbons (Fsp3) is 0.500. The summed E-state index contributed by atoms with van der Waals surface area (Å²) in [4.78, 5) is 2.36. The quantitative estimate of drug-likeness (QED) is 0.818. The predicted octanol–water partition coefficient (Wildman–Crippen LogP) is 3.11. The second kappa shape index (κ2) is 6.14. The summed E-state index contributed by atoms with van der Waals surface area (Å²) < 4.78 is 40.8. The molecule has 1 aromatic carbocycles. The third-order valence-corrected chi connectivity index (χ3v) is 5.70. The van der Waals surface area contributed by atoms with Gasteiger partial charge >= 0.3 is 0 Å². The zero-order chi connectivity index (χ0) is 17.7. The second-order valence-electron chi connectivity index (χ2n) is 7.20. The van der Waals surface area contributed by atoms with Crippen LogP contribution in [-0.4, -0.2) is 27.2 Å². The normalized spacial score (nSPS) is 26.8. The van der Waals surface area contributed by atoms with Crippen molar-refractivity contribution in [3.63, 3.8) is 0 Å². The highest BCUT2D eigenvalue weighted by Crippen LogP contribution is 2.38. The smallest absolute Gasteiger partial charge is 0.161 e. The molecule has 1 aromatic heterocycles. The molecule has 0 spiro atoms. The standard InChI is InChI=1S/C18H21F3N4/c1-9-13-7-25(8-18(13)24-23-9)10-2-3-11(17(22)4-10)12-5-15(20)16(21)6-14(12)19/h5-6,10-11,17H,2-4,7-8,22H2,1H3,(H,23,24)/t10-,11+,17-/m0/s1. The maximum atomic E-state index is 14.1. The van der Waals surface area contributed by atoms with Crippen LogP contribution < -0.4 is 5.73 Å². The van der Waals surface area contributed by atoms with Crippen LogP contribution in [0.25, 0.3) is 0 Å². The lowest BCUT2D eigenvalue weighted by molar-refractivity contribution is 0.136. The van der Waals surface area contributed by atoms with Gasteiger partial charge in [-0.2, -0.15) is 5.10 Å². The van der Waals surface area contributed by atoms with Gasteiger partial charge in [0.1, 0.15) is 5.82 Å². The number of halogens is 3. The topological polar surface area (TPSA) is 57.9 Å². The van der Waals surface area contributed by atoms with Crippen molar-refractivity contribution < 1.29 is 13.2 Å². The van der Waals surface area contributed by atoms with Crippen LogP contribution in [0.2, 0.25) is 0 Å². The highest BCUT2D eigenvalue weighted by atomic mass is 19.2. The molecule has 134 valence electrons. The van der Waals surface area contributed by atoms with E-state index >= 15 is 0 Å². The Labute approximate surface area is 144 Å². The Bertz CT molecular complexity index is 804. The number of aromatic nitrogens is 2. The van der Waals surface area contributed by atoms with E-state index in [-0.39, 0.29) is 17.5 Å². The van der Waals surface area contributed by atoms with E-state index in [2.05, 4.69) is 15.1 Å². The maximum Gasteiger partial charge on any atom is 0.161 e. The number of nitrogens with zero attached hydrogens (tertiary/aromatic N) is 2. The molecule has 7 heteroatoms. The Hall–Kier alpha value is -1.86. The lowest BCUT2D eigenvalue weighted by Crippen LogP contribution is -2.44. The highest BCUT2D eigenvalue weighted by molar-refractivity contribution is 5.29. The number of aromatic amines is 1. The number of fused-ring (bicyclic) bond motifs is 1. The van der Waals surface area contributed by atoms with E-state index in [1.165, 1.54) is 5.56 Å². The largest absolute Gasteiger partial charge is 0.327 e. The molecule has 3 N–H and O–H groups in total. The minimum absolute atomic E-state index is 0.190. The fourth-order valence-corrected chi connectivity index (χ4v) is 4.28. The molecule has 1 aliphatic carbocycles. The molecule has 0 saturated heterocycles. The summed E-state index contributed by atoms with van der Waals surface area (Å²) >= 11 is 0. The van der Waals surface area contributed by atoms with Gasteiger partial charge < -0.3 is 5.73 Å². The van der Waals surface area contributed by atoms with Gasteiger partial charge in [0, 0.05) is 48.4 Å². The van der Waals surface area contributed by atoms with Crippen molar-refractivity contribution in [2.45, 2.75) is 57.3 Å². The number of H-pyrrole nitrogens is 1. The van der Waals surface area contributed by atoms with Gasteiger partial charge in [-0.25, -0.2) is 13.2 Å². The molecule has 0 amide bonds.